The molecule has 0 saturated heterocycles. The zero-order valence-corrected chi connectivity index (χ0v) is 7.08. The van der Waals surface area contributed by atoms with E-state index in [0.29, 0.717) is 0 Å². The summed E-state index contributed by atoms with van der Waals surface area (Å²) in [7, 11) is 0.230. The first-order valence-corrected chi connectivity index (χ1v) is 4.59. The molecule has 0 saturated carbocycles. The van der Waals surface area contributed by atoms with Gasteiger partial charge in [-0.3, -0.25) is 0 Å². The summed E-state index contributed by atoms with van der Waals surface area (Å²) in [5.41, 5.74) is 0. The Morgan fingerprint density at radius 2 is 1.44 bits per heavy atom. The third kappa shape index (κ3) is 8.56. The molecule has 0 amide bonds. The van der Waals surface area contributed by atoms with Crippen LogP contribution in [-0.4, -0.2) is 41.2 Å². The van der Waals surface area contributed by atoms with Crippen molar-refractivity contribution in [3.63, 3.8) is 0 Å². The lowest BCUT2D eigenvalue weighted by molar-refractivity contribution is -0.00000410. The van der Waals surface area contributed by atoms with E-state index in [2.05, 4.69) is 0 Å². The van der Waals surface area contributed by atoms with Crippen LogP contribution in [0, 0.1) is 0 Å². The van der Waals surface area contributed by atoms with E-state index >= 15 is 0 Å². The van der Waals surface area contributed by atoms with Gasteiger partial charge in [0.2, 0.25) is 0 Å². The van der Waals surface area contributed by atoms with Gasteiger partial charge >= 0.3 is 0 Å². The van der Waals surface area contributed by atoms with Crippen molar-refractivity contribution >= 4 is 10.9 Å². The van der Waals surface area contributed by atoms with E-state index in [9.17, 15) is 0 Å². The second-order valence-corrected chi connectivity index (χ2v) is 4.02. The van der Waals surface area contributed by atoms with Crippen LogP contribution >= 0.6 is 0 Å². The van der Waals surface area contributed by atoms with E-state index in [0.717, 1.165) is 11.5 Å². The molecule has 0 bridgehead atoms. The Morgan fingerprint density at radius 3 is 1.67 bits per heavy atom. The SMILES string of the molecule is C[S+](CCO)CCO.[Cl-]. The summed E-state index contributed by atoms with van der Waals surface area (Å²) in [6.45, 7) is 0.499. The first-order valence-electron chi connectivity index (χ1n) is 2.62. The highest BCUT2D eigenvalue weighted by Gasteiger charge is 2.06. The molecule has 0 aromatic heterocycles. The summed E-state index contributed by atoms with van der Waals surface area (Å²) in [6, 6.07) is 0. The molecule has 0 fully saturated rings. The van der Waals surface area contributed by atoms with E-state index < -0.39 is 0 Å². The molecule has 58 valence electrons. The summed E-state index contributed by atoms with van der Waals surface area (Å²) < 4.78 is 0. The van der Waals surface area contributed by atoms with Gasteiger partial charge in [0, 0.05) is 0 Å². The molecule has 2 N–H and O–H groups in total. The molecule has 4 heteroatoms. The van der Waals surface area contributed by atoms with Crippen molar-refractivity contribution in [2.75, 3.05) is 31.0 Å². The van der Waals surface area contributed by atoms with Gasteiger partial charge < -0.3 is 22.6 Å². The van der Waals surface area contributed by atoms with Crippen molar-refractivity contribution < 1.29 is 22.6 Å². The minimum Gasteiger partial charge on any atom is -1.00 e. The predicted molar refractivity (Wildman–Crippen MR) is 37.2 cm³/mol. The summed E-state index contributed by atoms with van der Waals surface area (Å²) in [4.78, 5) is 0. The van der Waals surface area contributed by atoms with E-state index in [-0.39, 0.29) is 36.5 Å². The zero-order valence-electron chi connectivity index (χ0n) is 5.51. The normalized spacial score (nSPS) is 9.33. The fourth-order valence-electron chi connectivity index (χ4n) is 0.414. The molecule has 2 nitrogen and oxygen atoms in total. The fourth-order valence-corrected chi connectivity index (χ4v) is 1.24. The molecule has 0 unspecified atom stereocenters. The molecular formula is C5H13ClO2S. The van der Waals surface area contributed by atoms with Gasteiger partial charge in [0.15, 0.2) is 0 Å². The number of aliphatic hydroxyl groups is 2. The Labute approximate surface area is 65.0 Å². The first kappa shape index (κ1) is 12.3. The summed E-state index contributed by atoms with van der Waals surface area (Å²) in [5.74, 6) is 1.67. The van der Waals surface area contributed by atoms with E-state index in [4.69, 9.17) is 10.2 Å². The van der Waals surface area contributed by atoms with E-state index in [1.165, 1.54) is 0 Å². The van der Waals surface area contributed by atoms with E-state index in [1.54, 1.807) is 0 Å². The quantitative estimate of drug-likeness (QED) is 0.428. The second-order valence-electron chi connectivity index (χ2n) is 1.64. The highest BCUT2D eigenvalue weighted by molar-refractivity contribution is 7.96. The van der Waals surface area contributed by atoms with Crippen LogP contribution in [0.2, 0.25) is 0 Å². The van der Waals surface area contributed by atoms with Crippen LogP contribution in [0.15, 0.2) is 0 Å². The van der Waals surface area contributed by atoms with Crippen LogP contribution in [0.25, 0.3) is 0 Å². The smallest absolute Gasteiger partial charge is 0.130 e. The molecule has 0 aliphatic rings. The third-order valence-corrected chi connectivity index (χ3v) is 2.64. The Kier molecular flexibility index (Phi) is 11.7. The standard InChI is InChI=1S/C5H13O2S.ClH/c1-8(4-2-6)5-3-7;/h6-7H,2-5H2,1H3;1H/q+1;/p-1. The van der Waals surface area contributed by atoms with Gasteiger partial charge in [-0.15, -0.1) is 0 Å². The highest BCUT2D eigenvalue weighted by atomic mass is 35.5. The Hall–Kier alpha value is 0.560. The molecule has 0 radical (unpaired) electrons. The predicted octanol–water partition coefficient (Wildman–Crippen LogP) is -3.78. The van der Waals surface area contributed by atoms with Crippen LogP contribution in [-0.2, 0) is 10.9 Å². The Balaban J connectivity index is 0. The van der Waals surface area contributed by atoms with Gasteiger partial charge in [0.25, 0.3) is 0 Å². The van der Waals surface area contributed by atoms with Crippen molar-refractivity contribution in [2.24, 2.45) is 0 Å². The topological polar surface area (TPSA) is 40.5 Å². The molecule has 0 heterocycles. The fraction of sp³-hybridized carbons (Fsp3) is 1.00. The lowest BCUT2D eigenvalue weighted by atomic mass is 10.9. The van der Waals surface area contributed by atoms with Crippen LogP contribution in [0.5, 0.6) is 0 Å². The molecule has 0 aromatic carbocycles. The average molecular weight is 173 g/mol. The minimum absolute atomic E-state index is 0. The van der Waals surface area contributed by atoms with Crippen LogP contribution in [0.4, 0.5) is 0 Å². The second kappa shape index (κ2) is 8.56. The first-order chi connectivity index (χ1) is 3.81. The van der Waals surface area contributed by atoms with E-state index in [1.807, 2.05) is 6.26 Å². The molecule has 0 aliphatic carbocycles. The molecular weight excluding hydrogens is 160 g/mol. The van der Waals surface area contributed by atoms with Crippen molar-refractivity contribution in [1.29, 1.82) is 0 Å². The van der Waals surface area contributed by atoms with Gasteiger partial charge in [0.05, 0.1) is 19.5 Å². The number of aliphatic hydroxyl groups excluding tert-OH is 2. The monoisotopic (exact) mass is 172 g/mol. The maximum Gasteiger partial charge on any atom is 0.130 e. The Bertz CT molecular complexity index is 48.2. The van der Waals surface area contributed by atoms with Gasteiger partial charge in [-0.1, -0.05) is 0 Å². The van der Waals surface area contributed by atoms with Gasteiger partial charge in [-0.2, -0.15) is 0 Å². The number of rotatable bonds is 4. The van der Waals surface area contributed by atoms with Crippen LogP contribution < -0.4 is 12.4 Å². The molecule has 0 aliphatic heterocycles. The van der Waals surface area contributed by atoms with Crippen molar-refractivity contribution in [2.45, 2.75) is 0 Å². The van der Waals surface area contributed by atoms with Crippen molar-refractivity contribution in [1.82, 2.24) is 0 Å². The third-order valence-electron chi connectivity index (χ3n) is 0.879. The van der Waals surface area contributed by atoms with Crippen molar-refractivity contribution in [3.05, 3.63) is 0 Å². The number of hydrogen-bond acceptors (Lipinski definition) is 2. The zero-order chi connectivity index (χ0) is 6.41. The minimum atomic E-state index is 0. The molecule has 0 atom stereocenters. The maximum atomic E-state index is 8.39. The van der Waals surface area contributed by atoms with Gasteiger partial charge in [0.1, 0.15) is 11.5 Å². The summed E-state index contributed by atoms with van der Waals surface area (Å²) >= 11 is 0. The highest BCUT2D eigenvalue weighted by Crippen LogP contribution is 1.87. The maximum absolute atomic E-state index is 8.39. The number of hydrogen-bond donors (Lipinski definition) is 2. The summed E-state index contributed by atoms with van der Waals surface area (Å²) in [5, 5.41) is 16.8. The lowest BCUT2D eigenvalue weighted by Gasteiger charge is -1.95. The van der Waals surface area contributed by atoms with Gasteiger partial charge in [-0.05, 0) is 10.9 Å². The molecule has 0 spiro atoms. The van der Waals surface area contributed by atoms with Gasteiger partial charge in [-0.25, -0.2) is 0 Å². The summed E-state index contributed by atoms with van der Waals surface area (Å²) in [6.07, 6.45) is 2.05. The lowest BCUT2D eigenvalue weighted by Crippen LogP contribution is -3.00. The van der Waals surface area contributed by atoms with Crippen LogP contribution in [0.1, 0.15) is 0 Å². The molecule has 0 aromatic rings. The number of halogens is 1. The average Bonchev–Trinajstić information content (AvgIpc) is 1.68. The van der Waals surface area contributed by atoms with Crippen molar-refractivity contribution in [3.8, 4) is 0 Å². The molecule has 0 rings (SSSR count). The van der Waals surface area contributed by atoms with Crippen LogP contribution in [0.3, 0.4) is 0 Å². The Morgan fingerprint density at radius 1 is 1.11 bits per heavy atom. The molecule has 9 heavy (non-hydrogen) atoms. The largest absolute Gasteiger partial charge is 1.00 e.